The number of ketones is 1. The van der Waals surface area contributed by atoms with Crippen molar-refractivity contribution in [3.63, 3.8) is 0 Å². The summed E-state index contributed by atoms with van der Waals surface area (Å²) >= 11 is 0. The van der Waals surface area contributed by atoms with Crippen molar-refractivity contribution in [1.82, 2.24) is 0 Å². The molecule has 0 aliphatic rings. The van der Waals surface area contributed by atoms with Crippen molar-refractivity contribution in [2.45, 2.75) is 18.9 Å². The van der Waals surface area contributed by atoms with Gasteiger partial charge in [-0.2, -0.15) is 0 Å². The van der Waals surface area contributed by atoms with E-state index in [0.29, 0.717) is 0 Å². The third-order valence-electron chi connectivity index (χ3n) is 2.34. The minimum absolute atomic E-state index is 0.0124. The fraction of sp³-hybridized carbons (Fsp3) is 0.273. The molecule has 4 heteroatoms. The molecule has 0 spiro atoms. The molecule has 1 aromatic rings. The van der Waals surface area contributed by atoms with Gasteiger partial charge in [0.05, 0.1) is 0 Å². The summed E-state index contributed by atoms with van der Waals surface area (Å²) in [7, 11) is 0. The number of hydrogen-bond donors (Lipinski definition) is 2. The predicted octanol–water partition coefficient (Wildman–Crippen LogP) is 0.600. The van der Waals surface area contributed by atoms with Gasteiger partial charge < -0.3 is 10.8 Å². The molecule has 1 rings (SSSR count). The predicted molar refractivity (Wildman–Crippen MR) is 55.4 cm³/mol. The number of carbonyl (C=O) groups excluding carboxylic acids is 1. The molecule has 0 unspecified atom stereocenters. The molecule has 0 radical (unpaired) electrons. The highest BCUT2D eigenvalue weighted by atomic mass is 16.4. The Morgan fingerprint density at radius 3 is 2.27 bits per heavy atom. The minimum atomic E-state index is -1.82. The second kappa shape index (κ2) is 4.23. The maximum absolute atomic E-state index is 11.2. The molecule has 0 saturated heterocycles. The van der Waals surface area contributed by atoms with Gasteiger partial charge in [-0.25, -0.2) is 4.79 Å². The molecule has 15 heavy (non-hydrogen) atoms. The topological polar surface area (TPSA) is 80.4 Å². The second-order valence-corrected chi connectivity index (χ2v) is 3.50. The molecule has 4 nitrogen and oxygen atoms in total. The van der Waals surface area contributed by atoms with Crippen LogP contribution in [0.3, 0.4) is 0 Å². The zero-order valence-electron chi connectivity index (χ0n) is 8.43. The fourth-order valence-corrected chi connectivity index (χ4v) is 1.27. The van der Waals surface area contributed by atoms with E-state index in [9.17, 15) is 9.59 Å². The van der Waals surface area contributed by atoms with Gasteiger partial charge in [0.25, 0.3) is 0 Å². The number of carbonyl (C=O) groups is 2. The quantitative estimate of drug-likeness (QED) is 0.708. The van der Waals surface area contributed by atoms with E-state index < -0.39 is 17.3 Å². The van der Waals surface area contributed by atoms with Crippen molar-refractivity contribution >= 4 is 11.8 Å². The van der Waals surface area contributed by atoms with Gasteiger partial charge in [0.1, 0.15) is 0 Å². The van der Waals surface area contributed by atoms with E-state index in [1.54, 1.807) is 24.3 Å². The summed E-state index contributed by atoms with van der Waals surface area (Å²) in [4.78, 5) is 22.1. The Morgan fingerprint density at radius 2 is 1.87 bits per heavy atom. The Bertz CT molecular complexity index is 359. The summed E-state index contributed by atoms with van der Waals surface area (Å²) in [5.41, 5.74) is 4.48. The lowest BCUT2D eigenvalue weighted by atomic mass is 9.88. The van der Waals surface area contributed by atoms with Gasteiger partial charge in [0.2, 0.25) is 0 Å². The summed E-state index contributed by atoms with van der Waals surface area (Å²) in [5.74, 6) is -1.84. The molecule has 1 aromatic carbocycles. The number of carboxylic acids is 1. The Hall–Kier alpha value is -1.68. The van der Waals surface area contributed by atoms with Crippen molar-refractivity contribution < 1.29 is 14.7 Å². The molecular weight excluding hydrogens is 194 g/mol. The number of aliphatic carboxylic acids is 1. The maximum Gasteiger partial charge on any atom is 0.331 e. The van der Waals surface area contributed by atoms with Crippen molar-refractivity contribution in [1.29, 1.82) is 0 Å². The number of carboxylic acid groups (broad SMARTS) is 1. The summed E-state index contributed by atoms with van der Waals surface area (Å²) in [5, 5.41) is 8.92. The fourth-order valence-electron chi connectivity index (χ4n) is 1.27. The van der Waals surface area contributed by atoms with Crippen molar-refractivity contribution in [3.05, 3.63) is 35.9 Å². The molecule has 0 aliphatic heterocycles. The van der Waals surface area contributed by atoms with Gasteiger partial charge in [0, 0.05) is 6.42 Å². The number of rotatable bonds is 4. The summed E-state index contributed by atoms with van der Waals surface area (Å²) < 4.78 is 0. The van der Waals surface area contributed by atoms with Crippen LogP contribution < -0.4 is 5.73 Å². The molecule has 0 aliphatic carbocycles. The molecule has 3 N–H and O–H groups in total. The first-order valence-electron chi connectivity index (χ1n) is 4.54. The van der Waals surface area contributed by atoms with Gasteiger partial charge in [-0.15, -0.1) is 0 Å². The lowest BCUT2D eigenvalue weighted by molar-refractivity contribution is -0.147. The first-order chi connectivity index (χ1) is 6.97. The van der Waals surface area contributed by atoms with E-state index in [2.05, 4.69) is 0 Å². The van der Waals surface area contributed by atoms with E-state index in [1.807, 2.05) is 6.07 Å². The van der Waals surface area contributed by atoms with Crippen LogP contribution in [-0.2, 0) is 16.0 Å². The van der Waals surface area contributed by atoms with Gasteiger partial charge in [0.15, 0.2) is 11.3 Å². The first kappa shape index (κ1) is 11.4. The highest BCUT2D eigenvalue weighted by Crippen LogP contribution is 2.12. The molecule has 0 saturated carbocycles. The second-order valence-electron chi connectivity index (χ2n) is 3.50. The van der Waals surface area contributed by atoms with Crippen LogP contribution in [0.25, 0.3) is 0 Å². The van der Waals surface area contributed by atoms with Crippen LogP contribution in [0.4, 0.5) is 0 Å². The maximum atomic E-state index is 11.2. The highest BCUT2D eigenvalue weighted by Gasteiger charge is 2.39. The van der Waals surface area contributed by atoms with E-state index >= 15 is 0 Å². The van der Waals surface area contributed by atoms with E-state index in [0.717, 1.165) is 5.56 Å². The largest absolute Gasteiger partial charge is 0.480 e. The third-order valence-corrected chi connectivity index (χ3v) is 2.34. The van der Waals surface area contributed by atoms with Gasteiger partial charge in [-0.05, 0) is 12.5 Å². The molecule has 1 atom stereocenters. The van der Waals surface area contributed by atoms with Crippen LogP contribution >= 0.6 is 0 Å². The van der Waals surface area contributed by atoms with Crippen molar-refractivity contribution in [2.75, 3.05) is 0 Å². The molecule has 0 bridgehead atoms. The molecule has 0 aromatic heterocycles. The number of benzene rings is 1. The summed E-state index contributed by atoms with van der Waals surface area (Å²) in [6.07, 6.45) is 0.0124. The lowest BCUT2D eigenvalue weighted by Gasteiger charge is -2.21. The molecule has 0 amide bonds. The highest BCUT2D eigenvalue weighted by molar-refractivity contribution is 6.06. The molecule has 0 heterocycles. The number of nitrogens with two attached hydrogens (primary N) is 1. The van der Waals surface area contributed by atoms with Crippen molar-refractivity contribution in [2.24, 2.45) is 5.73 Å². The third kappa shape index (κ3) is 2.41. The van der Waals surface area contributed by atoms with E-state index in [1.165, 1.54) is 6.92 Å². The van der Waals surface area contributed by atoms with Crippen LogP contribution in [0, 0.1) is 0 Å². The van der Waals surface area contributed by atoms with Crippen LogP contribution in [0.5, 0.6) is 0 Å². The zero-order valence-corrected chi connectivity index (χ0v) is 8.43. The van der Waals surface area contributed by atoms with Crippen LogP contribution in [-0.4, -0.2) is 22.4 Å². The average Bonchev–Trinajstić information content (AvgIpc) is 2.18. The summed E-state index contributed by atoms with van der Waals surface area (Å²) in [6, 6.07) is 8.85. The normalized spacial score (nSPS) is 14.3. The monoisotopic (exact) mass is 207 g/mol. The van der Waals surface area contributed by atoms with E-state index in [-0.39, 0.29) is 6.42 Å². The van der Waals surface area contributed by atoms with Crippen LogP contribution in [0.1, 0.15) is 12.5 Å². The minimum Gasteiger partial charge on any atom is -0.480 e. The van der Waals surface area contributed by atoms with Gasteiger partial charge >= 0.3 is 5.97 Å². The van der Waals surface area contributed by atoms with Gasteiger partial charge in [-0.1, -0.05) is 30.3 Å². The zero-order chi connectivity index (χ0) is 11.5. The number of Topliss-reactive ketones (excluding diaryl/α,β-unsaturated/α-hetero) is 1. The van der Waals surface area contributed by atoms with Gasteiger partial charge in [-0.3, -0.25) is 4.79 Å². The number of hydrogen-bond acceptors (Lipinski definition) is 3. The summed E-state index contributed by atoms with van der Waals surface area (Å²) in [6.45, 7) is 1.19. The SMILES string of the molecule is CC(=O)[C@](N)(Cc1ccccc1)C(=O)O. The van der Waals surface area contributed by atoms with Crippen LogP contribution in [0.2, 0.25) is 0 Å². The lowest BCUT2D eigenvalue weighted by Crippen LogP contribution is -2.55. The smallest absolute Gasteiger partial charge is 0.331 e. The standard InChI is InChI=1S/C11H13NO3/c1-8(13)11(12,10(14)15)7-9-5-3-2-4-6-9/h2-6H,7,12H2,1H3,(H,14,15)/t11-/m1/s1. The molecular formula is C11H13NO3. The van der Waals surface area contributed by atoms with E-state index in [4.69, 9.17) is 10.8 Å². The average molecular weight is 207 g/mol. The molecule has 80 valence electrons. The van der Waals surface area contributed by atoms with Crippen LogP contribution in [0.15, 0.2) is 30.3 Å². The Morgan fingerprint density at radius 1 is 1.33 bits per heavy atom. The Balaban J connectivity index is 2.95. The molecule has 0 fully saturated rings. The Labute approximate surface area is 87.7 Å². The Kier molecular flexibility index (Phi) is 3.21. The van der Waals surface area contributed by atoms with Crippen molar-refractivity contribution in [3.8, 4) is 0 Å². The first-order valence-corrected chi connectivity index (χ1v) is 4.54.